The lowest BCUT2D eigenvalue weighted by Gasteiger charge is -2.63. The normalized spacial score (nSPS) is 30.6. The van der Waals surface area contributed by atoms with Crippen molar-refractivity contribution >= 4 is 28.8 Å². The first-order valence-electron chi connectivity index (χ1n) is 20.7. The molecular formula is C50H59NS. The minimum atomic E-state index is 0.0783. The summed E-state index contributed by atoms with van der Waals surface area (Å²) in [6.45, 7) is 20.0. The quantitative estimate of drug-likeness (QED) is 0.209. The highest BCUT2D eigenvalue weighted by atomic mass is 32.2. The molecule has 4 aromatic carbocycles. The molecule has 4 fully saturated rings. The van der Waals surface area contributed by atoms with E-state index in [0.717, 1.165) is 23.7 Å². The number of anilines is 3. The lowest BCUT2D eigenvalue weighted by molar-refractivity contribution is -0.0443. The molecule has 0 atom stereocenters. The van der Waals surface area contributed by atoms with Gasteiger partial charge in [-0.15, -0.1) is 0 Å². The molecule has 0 amide bonds. The molecule has 0 radical (unpaired) electrons. The minimum Gasteiger partial charge on any atom is -0.310 e. The summed E-state index contributed by atoms with van der Waals surface area (Å²) in [6.07, 6.45) is 12.0. The summed E-state index contributed by atoms with van der Waals surface area (Å²) < 4.78 is 0. The van der Waals surface area contributed by atoms with E-state index in [9.17, 15) is 0 Å². The van der Waals surface area contributed by atoms with Crippen molar-refractivity contribution in [2.24, 2.45) is 23.7 Å². The highest BCUT2D eigenvalue weighted by Gasteiger charge is 2.61. The summed E-state index contributed by atoms with van der Waals surface area (Å²) in [5, 5.41) is 0. The molecule has 0 saturated heterocycles. The van der Waals surface area contributed by atoms with E-state index in [4.69, 9.17) is 0 Å². The average Bonchev–Trinajstić information content (AvgIpc) is 3.10. The summed E-state index contributed by atoms with van der Waals surface area (Å²) in [5.74, 6) is 3.34. The van der Waals surface area contributed by atoms with Gasteiger partial charge in [0.25, 0.3) is 0 Å². The van der Waals surface area contributed by atoms with E-state index in [1.807, 2.05) is 11.8 Å². The smallest absolute Gasteiger partial charge is 0.0502 e. The second-order valence-electron chi connectivity index (χ2n) is 20.7. The van der Waals surface area contributed by atoms with E-state index in [1.54, 1.807) is 22.3 Å². The zero-order valence-electron chi connectivity index (χ0n) is 33.0. The van der Waals surface area contributed by atoms with Gasteiger partial charge >= 0.3 is 0 Å². The predicted molar refractivity (Wildman–Crippen MR) is 220 cm³/mol. The largest absolute Gasteiger partial charge is 0.310 e. The number of rotatable bonds is 3. The van der Waals surface area contributed by atoms with Crippen molar-refractivity contribution in [3.05, 3.63) is 112 Å². The van der Waals surface area contributed by atoms with Gasteiger partial charge < -0.3 is 4.90 Å². The molecule has 4 aromatic rings. The maximum Gasteiger partial charge on any atom is 0.0502 e. The molecule has 11 rings (SSSR count). The molecule has 0 unspecified atom stereocenters. The molecule has 7 aliphatic rings. The van der Waals surface area contributed by atoms with Crippen LogP contribution in [0.3, 0.4) is 0 Å². The summed E-state index contributed by atoms with van der Waals surface area (Å²) >= 11 is 2.04. The molecule has 4 saturated carbocycles. The topological polar surface area (TPSA) is 3.24 Å². The van der Waals surface area contributed by atoms with Crippen molar-refractivity contribution in [2.75, 3.05) is 4.90 Å². The van der Waals surface area contributed by atoms with Gasteiger partial charge in [0.2, 0.25) is 0 Å². The number of benzene rings is 4. The predicted octanol–water partition coefficient (Wildman–Crippen LogP) is 14.1. The van der Waals surface area contributed by atoms with E-state index in [-0.39, 0.29) is 27.1 Å². The lowest BCUT2D eigenvalue weighted by Crippen LogP contribution is -2.57. The first kappa shape index (κ1) is 33.6. The monoisotopic (exact) mass is 705 g/mol. The molecule has 0 N–H and O–H groups in total. The minimum absolute atomic E-state index is 0.0783. The van der Waals surface area contributed by atoms with Crippen LogP contribution in [0.2, 0.25) is 0 Å². The first-order chi connectivity index (χ1) is 24.7. The third kappa shape index (κ3) is 4.61. The van der Waals surface area contributed by atoms with Crippen molar-refractivity contribution in [3.63, 3.8) is 0 Å². The third-order valence-corrected chi connectivity index (χ3v) is 16.9. The van der Waals surface area contributed by atoms with Gasteiger partial charge in [0.15, 0.2) is 0 Å². The van der Waals surface area contributed by atoms with Gasteiger partial charge in [-0.3, -0.25) is 0 Å². The molecule has 0 aromatic heterocycles. The standard InChI is InChI=1S/C50H59NS/c1-46(2)21-23-48(5,6)44-37(46)14-11-16-40(44)51(41-17-12-15-38-45(41)49(7,8)24-22-47(38,3)4)35-19-20-43-39(30-35)50(36-13-9-10-18-42(36)52-43)33-26-31-25-32(28-33)29-34(50)27-31/h9-20,30-34H,21-29H2,1-8H3. The molecule has 270 valence electrons. The van der Waals surface area contributed by atoms with Gasteiger partial charge in [0.05, 0.1) is 11.4 Å². The molecule has 1 heterocycles. The van der Waals surface area contributed by atoms with Crippen LogP contribution < -0.4 is 4.90 Å². The maximum atomic E-state index is 2.78. The zero-order chi connectivity index (χ0) is 36.0. The van der Waals surface area contributed by atoms with E-state index in [1.165, 1.54) is 95.8 Å². The SMILES string of the molecule is CC1(C)CCC(C)(C)c2c(N(c3ccc4c(c3)C3(c5ccccc5S4)C4CC5CC(C4)CC3C5)c3cccc4c3C(C)(C)CCC4(C)C)cccc21. The average molecular weight is 706 g/mol. The number of fused-ring (bicyclic) bond motifs is 4. The molecular weight excluding hydrogens is 647 g/mol. The first-order valence-corrected chi connectivity index (χ1v) is 21.5. The molecule has 2 heteroatoms. The van der Waals surface area contributed by atoms with Gasteiger partial charge in [-0.2, -0.15) is 0 Å². The van der Waals surface area contributed by atoms with Gasteiger partial charge in [-0.05, 0) is 173 Å². The second kappa shape index (κ2) is 11.1. The Bertz CT molecular complexity index is 2000. The van der Waals surface area contributed by atoms with Gasteiger partial charge in [-0.1, -0.05) is 110 Å². The van der Waals surface area contributed by atoms with E-state index in [0.29, 0.717) is 0 Å². The lowest BCUT2D eigenvalue weighted by atomic mass is 9.42. The van der Waals surface area contributed by atoms with Crippen LogP contribution in [0.5, 0.6) is 0 Å². The van der Waals surface area contributed by atoms with E-state index in [2.05, 4.69) is 139 Å². The summed E-state index contributed by atoms with van der Waals surface area (Å²) in [7, 11) is 0. The summed E-state index contributed by atoms with van der Waals surface area (Å²) in [5.41, 5.74) is 14.2. The van der Waals surface area contributed by atoms with Crippen LogP contribution in [0.1, 0.15) is 147 Å². The highest BCUT2D eigenvalue weighted by Crippen LogP contribution is 2.69. The van der Waals surface area contributed by atoms with Gasteiger partial charge in [-0.25, -0.2) is 0 Å². The van der Waals surface area contributed by atoms with Crippen molar-refractivity contribution in [3.8, 4) is 0 Å². The molecule has 52 heavy (non-hydrogen) atoms. The third-order valence-electron chi connectivity index (χ3n) is 15.8. The highest BCUT2D eigenvalue weighted by molar-refractivity contribution is 7.99. The molecule has 1 nitrogen and oxygen atoms in total. The van der Waals surface area contributed by atoms with E-state index < -0.39 is 0 Å². The summed E-state index contributed by atoms with van der Waals surface area (Å²) in [4.78, 5) is 5.79. The van der Waals surface area contributed by atoms with Crippen molar-refractivity contribution in [1.29, 1.82) is 0 Å². The Morgan fingerprint density at radius 1 is 0.481 bits per heavy atom. The van der Waals surface area contributed by atoms with Crippen LogP contribution in [-0.4, -0.2) is 0 Å². The fraction of sp³-hybridized carbons (Fsp3) is 0.520. The van der Waals surface area contributed by atoms with Crippen molar-refractivity contribution in [2.45, 2.75) is 150 Å². The van der Waals surface area contributed by atoms with Crippen LogP contribution in [-0.2, 0) is 27.1 Å². The molecule has 1 spiro atoms. The number of hydrogen-bond acceptors (Lipinski definition) is 2. The fourth-order valence-electron chi connectivity index (χ4n) is 13.2. The molecule has 4 bridgehead atoms. The van der Waals surface area contributed by atoms with Gasteiger partial charge in [0.1, 0.15) is 0 Å². The van der Waals surface area contributed by atoms with Crippen molar-refractivity contribution in [1.82, 2.24) is 0 Å². The second-order valence-corrected chi connectivity index (χ2v) is 21.8. The van der Waals surface area contributed by atoms with Crippen LogP contribution in [0.4, 0.5) is 17.1 Å². The Balaban J connectivity index is 1.27. The Hall–Kier alpha value is -2.97. The van der Waals surface area contributed by atoms with Crippen molar-refractivity contribution < 1.29 is 0 Å². The van der Waals surface area contributed by atoms with Crippen LogP contribution in [0.25, 0.3) is 0 Å². The fourth-order valence-corrected chi connectivity index (χ4v) is 14.4. The van der Waals surface area contributed by atoms with Crippen LogP contribution in [0.15, 0.2) is 88.7 Å². The van der Waals surface area contributed by atoms with Gasteiger partial charge in [0, 0.05) is 20.9 Å². The number of hydrogen-bond donors (Lipinski definition) is 0. The molecule has 1 aliphatic heterocycles. The maximum absolute atomic E-state index is 2.78. The Morgan fingerprint density at radius 3 is 1.52 bits per heavy atom. The molecule has 6 aliphatic carbocycles. The Labute approximate surface area is 318 Å². The van der Waals surface area contributed by atoms with E-state index >= 15 is 0 Å². The Kier molecular flexibility index (Phi) is 7.14. The zero-order valence-corrected chi connectivity index (χ0v) is 33.9. The van der Waals surface area contributed by atoms with Crippen LogP contribution >= 0.6 is 11.8 Å². The summed E-state index contributed by atoms with van der Waals surface area (Å²) in [6, 6.07) is 32.0. The van der Waals surface area contributed by atoms with Crippen LogP contribution in [0, 0.1) is 23.7 Å². The Morgan fingerprint density at radius 2 is 0.962 bits per heavy atom. The number of nitrogens with zero attached hydrogens (tertiary/aromatic N) is 1.